The highest BCUT2D eigenvalue weighted by molar-refractivity contribution is 6.08. The van der Waals surface area contributed by atoms with Crippen LogP contribution in [0.3, 0.4) is 0 Å². The molecule has 0 aliphatic rings. The van der Waals surface area contributed by atoms with Gasteiger partial charge in [0.1, 0.15) is 5.82 Å². The molecule has 3 aromatic rings. The molecule has 162 valence electrons. The number of carbonyl (C=O) groups is 1. The van der Waals surface area contributed by atoms with Gasteiger partial charge >= 0.3 is 5.69 Å². The van der Waals surface area contributed by atoms with Crippen LogP contribution in [0.25, 0.3) is 0 Å². The average Bonchev–Trinajstić information content (AvgIpc) is 2.75. The largest absolute Gasteiger partial charge is 0.383 e. The summed E-state index contributed by atoms with van der Waals surface area (Å²) >= 11 is 0. The zero-order valence-corrected chi connectivity index (χ0v) is 18.1. The van der Waals surface area contributed by atoms with Gasteiger partial charge in [0.05, 0.1) is 6.54 Å². The third kappa shape index (κ3) is 4.77. The molecule has 0 saturated carbocycles. The lowest BCUT2D eigenvalue weighted by Crippen LogP contribution is -2.42. The number of nitrogens with one attached hydrogen (secondary N) is 1. The number of rotatable bonds is 7. The number of benzene rings is 2. The quantitative estimate of drug-likeness (QED) is 0.613. The second kappa shape index (κ2) is 9.47. The van der Waals surface area contributed by atoms with Gasteiger partial charge in [-0.25, -0.2) is 4.79 Å². The predicted molar refractivity (Wildman–Crippen MR) is 124 cm³/mol. The zero-order chi connectivity index (χ0) is 22.5. The Kier molecular flexibility index (Phi) is 6.74. The van der Waals surface area contributed by atoms with Gasteiger partial charge in [0.15, 0.2) is 5.69 Å². The Balaban J connectivity index is 2.14. The summed E-state index contributed by atoms with van der Waals surface area (Å²) in [4.78, 5) is 42.6. The number of nitrogens with zero attached hydrogens (tertiary/aromatic N) is 2. The van der Waals surface area contributed by atoms with E-state index in [2.05, 4.69) is 4.98 Å². The van der Waals surface area contributed by atoms with Crippen LogP contribution in [0.2, 0.25) is 0 Å². The van der Waals surface area contributed by atoms with Crippen molar-refractivity contribution in [1.82, 2.24) is 9.55 Å². The number of carbonyl (C=O) groups excluding carboxylic acids is 1. The van der Waals surface area contributed by atoms with Crippen LogP contribution in [0.4, 0.5) is 11.5 Å². The normalized spacial score (nSPS) is 10.8. The number of unbranched alkanes of at least 4 members (excludes halogenated alkanes) is 1. The monoisotopic (exact) mass is 420 g/mol. The van der Waals surface area contributed by atoms with Gasteiger partial charge in [0.2, 0.25) is 0 Å². The van der Waals surface area contributed by atoms with Crippen molar-refractivity contribution >= 4 is 17.4 Å². The Labute approximate surface area is 181 Å². The molecule has 3 rings (SSSR count). The number of amides is 1. The molecule has 2 aromatic carbocycles. The van der Waals surface area contributed by atoms with Gasteiger partial charge < -0.3 is 10.6 Å². The van der Waals surface area contributed by atoms with Gasteiger partial charge in [-0.05, 0) is 37.5 Å². The van der Waals surface area contributed by atoms with Crippen molar-refractivity contribution in [2.45, 2.75) is 40.2 Å². The van der Waals surface area contributed by atoms with Gasteiger partial charge in [0.25, 0.3) is 11.5 Å². The molecular weight excluding hydrogens is 392 g/mol. The Morgan fingerprint density at radius 2 is 1.81 bits per heavy atom. The van der Waals surface area contributed by atoms with Crippen LogP contribution in [0.5, 0.6) is 0 Å². The minimum atomic E-state index is -0.665. The van der Waals surface area contributed by atoms with E-state index in [1.807, 2.05) is 63.2 Å². The number of anilines is 2. The molecule has 0 fully saturated rings. The van der Waals surface area contributed by atoms with Crippen molar-refractivity contribution in [3.8, 4) is 0 Å². The highest BCUT2D eigenvalue weighted by atomic mass is 16.2. The van der Waals surface area contributed by atoms with E-state index in [9.17, 15) is 14.4 Å². The van der Waals surface area contributed by atoms with Gasteiger partial charge in [-0.15, -0.1) is 0 Å². The summed E-state index contributed by atoms with van der Waals surface area (Å²) in [6, 6.07) is 15.0. The van der Waals surface area contributed by atoms with E-state index in [4.69, 9.17) is 5.73 Å². The van der Waals surface area contributed by atoms with E-state index in [0.29, 0.717) is 18.5 Å². The van der Waals surface area contributed by atoms with Crippen molar-refractivity contribution in [2.75, 3.05) is 17.2 Å². The summed E-state index contributed by atoms with van der Waals surface area (Å²) in [5.74, 6) is -0.330. The van der Waals surface area contributed by atoms with Crippen LogP contribution in [-0.4, -0.2) is 22.0 Å². The first-order chi connectivity index (χ1) is 14.8. The summed E-state index contributed by atoms with van der Waals surface area (Å²) in [5, 5.41) is 0. The van der Waals surface area contributed by atoms with Gasteiger partial charge in [-0.3, -0.25) is 19.1 Å². The molecular formula is C24H28N4O3. The predicted octanol–water partition coefficient (Wildman–Crippen LogP) is 3.23. The molecule has 0 radical (unpaired) electrons. The van der Waals surface area contributed by atoms with E-state index < -0.39 is 11.2 Å². The fourth-order valence-electron chi connectivity index (χ4n) is 3.50. The number of nitrogens with two attached hydrogens (primary N) is 1. The number of H-pyrrole nitrogens is 1. The van der Waals surface area contributed by atoms with E-state index in [1.54, 1.807) is 6.07 Å². The molecule has 31 heavy (non-hydrogen) atoms. The molecule has 0 atom stereocenters. The van der Waals surface area contributed by atoms with Crippen molar-refractivity contribution in [1.29, 1.82) is 0 Å². The third-order valence-corrected chi connectivity index (χ3v) is 5.27. The van der Waals surface area contributed by atoms with E-state index in [1.165, 1.54) is 9.47 Å². The minimum Gasteiger partial charge on any atom is -0.383 e. The Morgan fingerprint density at radius 3 is 2.48 bits per heavy atom. The first kappa shape index (κ1) is 22.1. The standard InChI is InChI=1S/C24H28N4O3/c1-4-5-13-27(23(30)19-14-16(2)11-12-17(19)3)20-21(25)28(24(31)26-22(20)29)15-18-9-7-6-8-10-18/h6-12,14H,4-5,13,15,25H2,1-3H3,(H,26,29,31). The molecule has 3 N–H and O–H groups in total. The second-order valence-electron chi connectivity index (χ2n) is 7.69. The summed E-state index contributed by atoms with van der Waals surface area (Å²) in [6.07, 6.45) is 1.52. The van der Waals surface area contributed by atoms with Crippen molar-refractivity contribution in [2.24, 2.45) is 0 Å². The van der Waals surface area contributed by atoms with Crippen LogP contribution < -0.4 is 21.9 Å². The Hall–Kier alpha value is -3.61. The lowest BCUT2D eigenvalue weighted by molar-refractivity contribution is 0.0985. The Bertz CT molecular complexity index is 1200. The molecule has 0 aliphatic heterocycles. The number of aromatic nitrogens is 2. The van der Waals surface area contributed by atoms with E-state index >= 15 is 0 Å². The van der Waals surface area contributed by atoms with Gasteiger partial charge in [0, 0.05) is 12.1 Å². The summed E-state index contributed by atoms with van der Waals surface area (Å²) in [6.45, 7) is 6.28. The van der Waals surface area contributed by atoms with Gasteiger partial charge in [-0.1, -0.05) is 61.4 Å². The third-order valence-electron chi connectivity index (χ3n) is 5.27. The first-order valence-corrected chi connectivity index (χ1v) is 10.4. The lowest BCUT2D eigenvalue weighted by atomic mass is 10.0. The van der Waals surface area contributed by atoms with Crippen molar-refractivity contribution < 1.29 is 4.79 Å². The first-order valence-electron chi connectivity index (χ1n) is 10.4. The zero-order valence-electron chi connectivity index (χ0n) is 18.1. The summed E-state index contributed by atoms with van der Waals surface area (Å²) in [7, 11) is 0. The SMILES string of the molecule is CCCCN(C(=O)c1cc(C)ccc1C)c1c(N)n(Cc2ccccc2)c(=O)[nH]c1=O. The second-order valence-corrected chi connectivity index (χ2v) is 7.69. The lowest BCUT2D eigenvalue weighted by Gasteiger charge is -2.25. The molecule has 7 heteroatoms. The molecule has 0 unspecified atom stereocenters. The molecule has 1 amide bonds. The molecule has 0 spiro atoms. The smallest absolute Gasteiger partial charge is 0.330 e. The minimum absolute atomic E-state index is 0.00915. The fourth-order valence-corrected chi connectivity index (χ4v) is 3.50. The molecule has 0 saturated heterocycles. The number of aryl methyl sites for hydroxylation is 2. The maximum atomic E-state index is 13.5. The fraction of sp³-hybridized carbons (Fsp3) is 0.292. The van der Waals surface area contributed by atoms with Crippen LogP contribution in [0.1, 0.15) is 46.8 Å². The van der Waals surface area contributed by atoms with Crippen LogP contribution >= 0.6 is 0 Å². The van der Waals surface area contributed by atoms with Gasteiger partial charge in [-0.2, -0.15) is 0 Å². The molecule has 1 aromatic heterocycles. The highest BCUT2D eigenvalue weighted by Crippen LogP contribution is 2.22. The summed E-state index contributed by atoms with van der Waals surface area (Å²) < 4.78 is 1.29. The number of hydrogen-bond donors (Lipinski definition) is 2. The van der Waals surface area contributed by atoms with Crippen LogP contribution in [-0.2, 0) is 6.54 Å². The van der Waals surface area contributed by atoms with Crippen molar-refractivity contribution in [3.05, 3.63) is 91.6 Å². The summed E-state index contributed by atoms with van der Waals surface area (Å²) in [5.41, 5.74) is 8.20. The number of aromatic amines is 1. The van der Waals surface area contributed by atoms with Crippen LogP contribution in [0.15, 0.2) is 58.1 Å². The molecule has 0 bridgehead atoms. The molecule has 1 heterocycles. The van der Waals surface area contributed by atoms with E-state index in [-0.39, 0.29) is 24.0 Å². The van der Waals surface area contributed by atoms with Crippen molar-refractivity contribution in [3.63, 3.8) is 0 Å². The maximum Gasteiger partial charge on any atom is 0.330 e. The van der Waals surface area contributed by atoms with Crippen LogP contribution in [0, 0.1) is 13.8 Å². The number of hydrogen-bond acceptors (Lipinski definition) is 4. The average molecular weight is 421 g/mol. The Morgan fingerprint density at radius 1 is 1.10 bits per heavy atom. The maximum absolute atomic E-state index is 13.5. The number of nitrogen functional groups attached to an aromatic ring is 1. The highest BCUT2D eigenvalue weighted by Gasteiger charge is 2.26. The topological polar surface area (TPSA) is 101 Å². The molecule has 7 nitrogen and oxygen atoms in total. The molecule has 0 aliphatic carbocycles. The van der Waals surface area contributed by atoms with E-state index in [0.717, 1.165) is 23.1 Å².